The van der Waals surface area contributed by atoms with Crippen LogP contribution in [0.2, 0.25) is 5.02 Å². The van der Waals surface area contributed by atoms with Gasteiger partial charge in [0.2, 0.25) is 0 Å². The van der Waals surface area contributed by atoms with Gasteiger partial charge in [0.25, 0.3) is 5.91 Å². The van der Waals surface area contributed by atoms with Gasteiger partial charge >= 0.3 is 11.9 Å². The van der Waals surface area contributed by atoms with Gasteiger partial charge in [-0.05, 0) is 24.8 Å². The Kier molecular flexibility index (Phi) is 6.47. The van der Waals surface area contributed by atoms with Gasteiger partial charge in [0.05, 0.1) is 11.6 Å². The minimum absolute atomic E-state index is 0.0388. The van der Waals surface area contributed by atoms with E-state index in [9.17, 15) is 14.4 Å². The number of ether oxygens (including phenoxy) is 1. The number of esters is 1. The van der Waals surface area contributed by atoms with Gasteiger partial charge in [-0.25, -0.2) is 4.79 Å². The van der Waals surface area contributed by atoms with Crippen LogP contribution in [0.5, 0.6) is 0 Å². The Hall–Kier alpha value is -1.60. The molecule has 110 valence electrons. The molecule has 20 heavy (non-hydrogen) atoms. The van der Waals surface area contributed by atoms with Gasteiger partial charge in [-0.2, -0.15) is 0 Å². The third-order valence-corrected chi connectivity index (χ3v) is 3.71. The van der Waals surface area contributed by atoms with E-state index in [2.05, 4.69) is 5.32 Å². The van der Waals surface area contributed by atoms with Gasteiger partial charge in [0.1, 0.15) is 10.9 Å². The number of aliphatic carboxylic acids is 1. The van der Waals surface area contributed by atoms with E-state index in [4.69, 9.17) is 21.4 Å². The molecule has 0 radical (unpaired) electrons. The van der Waals surface area contributed by atoms with Crippen molar-refractivity contribution in [2.24, 2.45) is 0 Å². The van der Waals surface area contributed by atoms with Gasteiger partial charge in [-0.1, -0.05) is 11.6 Å². The zero-order valence-corrected chi connectivity index (χ0v) is 12.3. The third kappa shape index (κ3) is 4.82. The highest BCUT2D eigenvalue weighted by molar-refractivity contribution is 7.12. The van der Waals surface area contributed by atoms with Gasteiger partial charge in [-0.3, -0.25) is 9.59 Å². The first-order valence-corrected chi connectivity index (χ1v) is 7.13. The lowest BCUT2D eigenvalue weighted by Crippen LogP contribution is -2.41. The van der Waals surface area contributed by atoms with Gasteiger partial charge in [0, 0.05) is 6.42 Å². The number of rotatable bonds is 7. The van der Waals surface area contributed by atoms with Crippen molar-refractivity contribution in [3.63, 3.8) is 0 Å². The van der Waals surface area contributed by atoms with Crippen LogP contribution in [0.15, 0.2) is 11.4 Å². The summed E-state index contributed by atoms with van der Waals surface area (Å²) in [5, 5.41) is 13.3. The fourth-order valence-corrected chi connectivity index (χ4v) is 2.48. The van der Waals surface area contributed by atoms with Crippen molar-refractivity contribution in [2.45, 2.75) is 25.8 Å². The summed E-state index contributed by atoms with van der Waals surface area (Å²) in [4.78, 5) is 34.3. The van der Waals surface area contributed by atoms with Crippen LogP contribution in [0.3, 0.4) is 0 Å². The molecule has 6 nitrogen and oxygen atoms in total. The zero-order chi connectivity index (χ0) is 15.1. The van der Waals surface area contributed by atoms with Crippen LogP contribution in [0.25, 0.3) is 0 Å². The number of nitrogens with one attached hydrogen (secondary N) is 1. The van der Waals surface area contributed by atoms with Crippen LogP contribution in [0, 0.1) is 0 Å². The minimum atomic E-state index is -1.21. The highest BCUT2D eigenvalue weighted by Crippen LogP contribution is 2.21. The molecule has 0 aromatic carbocycles. The van der Waals surface area contributed by atoms with E-state index in [1.807, 2.05) is 0 Å². The average Bonchev–Trinajstić information content (AvgIpc) is 2.80. The normalized spacial score (nSPS) is 11.7. The predicted octanol–water partition coefficient (Wildman–Crippen LogP) is 1.93. The van der Waals surface area contributed by atoms with Crippen molar-refractivity contribution < 1.29 is 24.2 Å². The molecule has 8 heteroatoms. The van der Waals surface area contributed by atoms with Crippen LogP contribution >= 0.6 is 22.9 Å². The first kappa shape index (κ1) is 16.5. The van der Waals surface area contributed by atoms with Crippen LogP contribution in [0.1, 0.15) is 29.4 Å². The van der Waals surface area contributed by atoms with Crippen molar-refractivity contribution >= 4 is 40.8 Å². The van der Waals surface area contributed by atoms with E-state index in [1.54, 1.807) is 18.4 Å². The average molecular weight is 320 g/mol. The number of carboxylic acids is 1. The molecule has 0 aliphatic rings. The number of carbonyl (C=O) groups excluding carboxylic acids is 2. The Morgan fingerprint density at radius 2 is 2.20 bits per heavy atom. The smallest absolute Gasteiger partial charge is 0.326 e. The van der Waals surface area contributed by atoms with Crippen molar-refractivity contribution in [2.75, 3.05) is 6.61 Å². The quantitative estimate of drug-likeness (QED) is 0.749. The summed E-state index contributed by atoms with van der Waals surface area (Å²) in [6, 6.07) is 0.389. The Balaban J connectivity index is 2.59. The number of halogens is 1. The summed E-state index contributed by atoms with van der Waals surface area (Å²) in [6.07, 6.45) is -0.119. The van der Waals surface area contributed by atoms with Crippen molar-refractivity contribution in [1.29, 1.82) is 0 Å². The Morgan fingerprint density at radius 1 is 1.50 bits per heavy atom. The Bertz CT molecular complexity index is 502. The summed E-state index contributed by atoms with van der Waals surface area (Å²) in [6.45, 7) is 1.89. The van der Waals surface area contributed by atoms with Crippen molar-refractivity contribution in [3.05, 3.63) is 21.3 Å². The molecule has 1 aromatic rings. The van der Waals surface area contributed by atoms with E-state index in [0.717, 1.165) is 11.3 Å². The largest absolute Gasteiger partial charge is 0.480 e. The second-order valence-electron chi connectivity index (χ2n) is 3.81. The molecule has 1 atom stereocenters. The molecule has 0 saturated heterocycles. The van der Waals surface area contributed by atoms with Gasteiger partial charge in [-0.15, -0.1) is 11.3 Å². The Morgan fingerprint density at radius 3 is 2.70 bits per heavy atom. The van der Waals surface area contributed by atoms with E-state index in [-0.39, 0.29) is 29.3 Å². The number of thiophene rings is 1. The summed E-state index contributed by atoms with van der Waals surface area (Å²) >= 11 is 6.91. The monoisotopic (exact) mass is 319 g/mol. The molecule has 1 heterocycles. The molecule has 0 spiro atoms. The number of carboxylic acid groups (broad SMARTS) is 1. The molecular formula is C12H14ClNO5S. The molecule has 0 fully saturated rings. The summed E-state index contributed by atoms with van der Waals surface area (Å²) in [5.74, 6) is -2.28. The molecule has 0 unspecified atom stereocenters. The highest BCUT2D eigenvalue weighted by Gasteiger charge is 2.23. The van der Waals surface area contributed by atoms with Crippen molar-refractivity contribution in [1.82, 2.24) is 5.32 Å². The molecule has 0 aliphatic heterocycles. The standard InChI is InChI=1S/C12H14ClNO5S/c1-2-19-9(15)4-3-8(12(17)18)14-11(16)10-7(13)5-6-20-10/h5-6,8H,2-4H2,1H3,(H,14,16)(H,17,18)/t8-/m0/s1. The molecule has 1 amide bonds. The number of hydrogen-bond donors (Lipinski definition) is 2. The summed E-state index contributed by atoms with van der Waals surface area (Å²) < 4.78 is 4.70. The SMILES string of the molecule is CCOC(=O)CC[C@H](NC(=O)c1sccc1Cl)C(=O)O. The van der Waals surface area contributed by atoms with Crippen LogP contribution in [0.4, 0.5) is 0 Å². The lowest BCUT2D eigenvalue weighted by Gasteiger charge is -2.13. The maximum Gasteiger partial charge on any atom is 0.326 e. The first-order chi connectivity index (χ1) is 9.45. The highest BCUT2D eigenvalue weighted by atomic mass is 35.5. The fraction of sp³-hybridized carbons (Fsp3) is 0.417. The number of carbonyl (C=O) groups is 3. The number of amides is 1. The van der Waals surface area contributed by atoms with Gasteiger partial charge in [0.15, 0.2) is 0 Å². The lowest BCUT2D eigenvalue weighted by molar-refractivity contribution is -0.144. The molecule has 0 saturated carbocycles. The Labute approximate surface area is 124 Å². The molecule has 1 rings (SSSR count). The molecule has 2 N–H and O–H groups in total. The molecule has 0 aliphatic carbocycles. The van der Waals surface area contributed by atoms with Crippen molar-refractivity contribution in [3.8, 4) is 0 Å². The van der Waals surface area contributed by atoms with E-state index >= 15 is 0 Å². The molecule has 0 bridgehead atoms. The zero-order valence-electron chi connectivity index (χ0n) is 10.7. The second kappa shape index (κ2) is 7.86. The van der Waals surface area contributed by atoms with Crippen LogP contribution < -0.4 is 5.32 Å². The van der Waals surface area contributed by atoms with E-state index in [0.29, 0.717) is 0 Å². The summed E-state index contributed by atoms with van der Waals surface area (Å²) in [7, 11) is 0. The third-order valence-electron chi connectivity index (χ3n) is 2.37. The molecule has 1 aromatic heterocycles. The summed E-state index contributed by atoms with van der Waals surface area (Å²) in [5.41, 5.74) is 0. The minimum Gasteiger partial charge on any atom is -0.480 e. The fourth-order valence-electron chi connectivity index (χ4n) is 1.43. The molecular weight excluding hydrogens is 306 g/mol. The van der Waals surface area contributed by atoms with E-state index < -0.39 is 23.9 Å². The van der Waals surface area contributed by atoms with Gasteiger partial charge < -0.3 is 15.2 Å². The lowest BCUT2D eigenvalue weighted by atomic mass is 10.1. The first-order valence-electron chi connectivity index (χ1n) is 5.88. The maximum absolute atomic E-state index is 11.8. The van der Waals surface area contributed by atoms with Crippen LogP contribution in [-0.2, 0) is 14.3 Å². The second-order valence-corrected chi connectivity index (χ2v) is 5.13. The topological polar surface area (TPSA) is 92.7 Å². The van der Waals surface area contributed by atoms with Crippen LogP contribution in [-0.4, -0.2) is 35.6 Å². The van der Waals surface area contributed by atoms with E-state index in [1.165, 1.54) is 0 Å². The maximum atomic E-state index is 11.8. The number of hydrogen-bond acceptors (Lipinski definition) is 5. The predicted molar refractivity (Wildman–Crippen MR) is 74.1 cm³/mol.